The number of hydrogen-bond acceptors (Lipinski definition) is 2. The maximum absolute atomic E-state index is 6.12. The van der Waals surface area contributed by atoms with Crippen LogP contribution in [0.3, 0.4) is 0 Å². The molecule has 0 radical (unpaired) electrons. The summed E-state index contributed by atoms with van der Waals surface area (Å²) in [6, 6.07) is 18.6. The lowest BCUT2D eigenvalue weighted by molar-refractivity contribution is 0.205. The van der Waals surface area contributed by atoms with Gasteiger partial charge in [0.1, 0.15) is 11.9 Å². The molecule has 0 aliphatic heterocycles. The van der Waals surface area contributed by atoms with Crippen LogP contribution in [-0.2, 0) is 6.42 Å². The first-order valence-corrected chi connectivity index (χ1v) is 6.78. The molecule has 2 aromatic carbocycles. The van der Waals surface area contributed by atoms with E-state index in [-0.39, 0.29) is 6.10 Å². The van der Waals surface area contributed by atoms with E-state index < -0.39 is 0 Å². The van der Waals surface area contributed by atoms with Gasteiger partial charge in [0.25, 0.3) is 0 Å². The summed E-state index contributed by atoms with van der Waals surface area (Å²) >= 11 is 0. The van der Waals surface area contributed by atoms with E-state index in [1.54, 1.807) is 0 Å². The number of aryl methyl sites for hydroxylation is 1. The Bertz CT molecular complexity index is 496. The molecule has 0 saturated heterocycles. The van der Waals surface area contributed by atoms with Crippen LogP contribution in [0.25, 0.3) is 0 Å². The van der Waals surface area contributed by atoms with E-state index in [2.05, 4.69) is 42.6 Å². The molecule has 0 spiro atoms. The molecule has 1 unspecified atom stereocenters. The van der Waals surface area contributed by atoms with Crippen LogP contribution in [0.15, 0.2) is 54.6 Å². The molecule has 0 bridgehead atoms. The summed E-state index contributed by atoms with van der Waals surface area (Å²) in [5.74, 6) is 0.934. The van der Waals surface area contributed by atoms with Crippen molar-refractivity contribution in [2.45, 2.75) is 19.4 Å². The smallest absolute Gasteiger partial charge is 0.136 e. The average Bonchev–Trinajstić information content (AvgIpc) is 2.48. The van der Waals surface area contributed by atoms with Crippen molar-refractivity contribution < 1.29 is 4.74 Å². The Hall–Kier alpha value is -1.80. The van der Waals surface area contributed by atoms with Crippen LogP contribution in [0.4, 0.5) is 0 Å². The lowest BCUT2D eigenvalue weighted by Gasteiger charge is -2.19. The van der Waals surface area contributed by atoms with Gasteiger partial charge >= 0.3 is 0 Å². The van der Waals surface area contributed by atoms with Gasteiger partial charge in [-0.15, -0.1) is 0 Å². The minimum atomic E-state index is 0.0401. The Morgan fingerprint density at radius 3 is 2.53 bits per heavy atom. The SMILES string of the molecule is CCc1cccc(OC(CNC)c2ccccc2)c1. The third-order valence-corrected chi connectivity index (χ3v) is 3.15. The summed E-state index contributed by atoms with van der Waals surface area (Å²) in [4.78, 5) is 0. The summed E-state index contributed by atoms with van der Waals surface area (Å²) in [6.07, 6.45) is 1.07. The van der Waals surface area contributed by atoms with Crippen molar-refractivity contribution in [1.82, 2.24) is 5.32 Å². The van der Waals surface area contributed by atoms with Gasteiger partial charge in [-0.3, -0.25) is 0 Å². The zero-order valence-corrected chi connectivity index (χ0v) is 11.6. The second-order valence-electron chi connectivity index (χ2n) is 4.58. The Morgan fingerprint density at radius 2 is 1.84 bits per heavy atom. The zero-order valence-electron chi connectivity index (χ0n) is 11.6. The van der Waals surface area contributed by atoms with E-state index >= 15 is 0 Å². The Labute approximate surface area is 115 Å². The van der Waals surface area contributed by atoms with Crippen LogP contribution in [-0.4, -0.2) is 13.6 Å². The van der Waals surface area contributed by atoms with Crippen molar-refractivity contribution in [3.05, 3.63) is 65.7 Å². The molecule has 2 aromatic rings. The molecule has 19 heavy (non-hydrogen) atoms. The summed E-state index contributed by atoms with van der Waals surface area (Å²) in [5, 5.41) is 3.19. The number of likely N-dealkylation sites (N-methyl/N-ethyl adjacent to an activating group) is 1. The molecule has 0 heterocycles. The number of benzene rings is 2. The Balaban J connectivity index is 2.16. The lowest BCUT2D eigenvalue weighted by atomic mass is 10.1. The standard InChI is InChI=1S/C17H21NO/c1-3-14-8-7-11-16(12-14)19-17(13-18-2)15-9-5-4-6-10-15/h4-12,17-18H,3,13H2,1-2H3. The van der Waals surface area contributed by atoms with Gasteiger partial charge in [0.05, 0.1) is 0 Å². The van der Waals surface area contributed by atoms with Crippen LogP contribution in [0.2, 0.25) is 0 Å². The second-order valence-corrected chi connectivity index (χ2v) is 4.58. The van der Waals surface area contributed by atoms with Crippen LogP contribution < -0.4 is 10.1 Å². The first kappa shape index (κ1) is 13.6. The van der Waals surface area contributed by atoms with Crippen LogP contribution >= 0.6 is 0 Å². The fourth-order valence-electron chi connectivity index (χ4n) is 2.08. The van der Waals surface area contributed by atoms with Crippen molar-refractivity contribution >= 4 is 0 Å². The molecule has 0 fully saturated rings. The molecule has 0 aliphatic rings. The minimum absolute atomic E-state index is 0.0401. The van der Waals surface area contributed by atoms with Crippen molar-refractivity contribution in [2.75, 3.05) is 13.6 Å². The van der Waals surface area contributed by atoms with Gasteiger partial charge in [0.15, 0.2) is 0 Å². The fourth-order valence-corrected chi connectivity index (χ4v) is 2.08. The van der Waals surface area contributed by atoms with Gasteiger partial charge in [-0.25, -0.2) is 0 Å². The highest BCUT2D eigenvalue weighted by molar-refractivity contribution is 5.30. The van der Waals surface area contributed by atoms with Gasteiger partial charge in [-0.05, 0) is 36.7 Å². The predicted molar refractivity (Wildman–Crippen MR) is 79.6 cm³/mol. The van der Waals surface area contributed by atoms with Gasteiger partial charge in [0, 0.05) is 6.54 Å². The molecule has 0 aromatic heterocycles. The highest BCUT2D eigenvalue weighted by Crippen LogP contribution is 2.22. The van der Waals surface area contributed by atoms with Crippen LogP contribution in [0.1, 0.15) is 24.2 Å². The summed E-state index contributed by atoms with van der Waals surface area (Å²) < 4.78 is 6.12. The van der Waals surface area contributed by atoms with Crippen LogP contribution in [0.5, 0.6) is 5.75 Å². The molecule has 1 N–H and O–H groups in total. The molecule has 100 valence electrons. The maximum Gasteiger partial charge on any atom is 0.136 e. The predicted octanol–water partition coefficient (Wildman–Crippen LogP) is 3.59. The quantitative estimate of drug-likeness (QED) is 0.851. The van der Waals surface area contributed by atoms with E-state index in [0.717, 1.165) is 18.7 Å². The molecule has 2 rings (SSSR count). The molecule has 0 saturated carbocycles. The number of rotatable bonds is 6. The average molecular weight is 255 g/mol. The third-order valence-electron chi connectivity index (χ3n) is 3.15. The van der Waals surface area contributed by atoms with E-state index in [0.29, 0.717) is 0 Å². The number of hydrogen-bond donors (Lipinski definition) is 1. The molecular weight excluding hydrogens is 234 g/mol. The van der Waals surface area contributed by atoms with Crippen molar-refractivity contribution in [2.24, 2.45) is 0 Å². The highest BCUT2D eigenvalue weighted by atomic mass is 16.5. The van der Waals surface area contributed by atoms with Gasteiger partial charge in [0.2, 0.25) is 0 Å². The highest BCUT2D eigenvalue weighted by Gasteiger charge is 2.12. The summed E-state index contributed by atoms with van der Waals surface area (Å²) in [7, 11) is 1.95. The second kappa shape index (κ2) is 6.95. The van der Waals surface area contributed by atoms with E-state index in [9.17, 15) is 0 Å². The summed E-state index contributed by atoms with van der Waals surface area (Å²) in [5.41, 5.74) is 2.49. The maximum atomic E-state index is 6.12. The molecule has 2 heteroatoms. The van der Waals surface area contributed by atoms with Gasteiger partial charge < -0.3 is 10.1 Å². The van der Waals surface area contributed by atoms with Crippen molar-refractivity contribution in [1.29, 1.82) is 0 Å². The topological polar surface area (TPSA) is 21.3 Å². The molecule has 0 amide bonds. The molecule has 0 aliphatic carbocycles. The van der Waals surface area contributed by atoms with Crippen LogP contribution in [0, 0.1) is 0 Å². The molecule has 2 nitrogen and oxygen atoms in total. The molecule has 1 atom stereocenters. The summed E-state index contributed by atoms with van der Waals surface area (Å²) in [6.45, 7) is 2.95. The normalized spacial score (nSPS) is 12.1. The minimum Gasteiger partial charge on any atom is -0.484 e. The Kier molecular flexibility index (Phi) is 4.99. The number of nitrogens with one attached hydrogen (secondary N) is 1. The van der Waals surface area contributed by atoms with Crippen molar-refractivity contribution in [3.8, 4) is 5.75 Å². The fraction of sp³-hybridized carbons (Fsp3) is 0.294. The van der Waals surface area contributed by atoms with Crippen molar-refractivity contribution in [3.63, 3.8) is 0 Å². The van der Waals surface area contributed by atoms with E-state index in [1.165, 1.54) is 11.1 Å². The third kappa shape index (κ3) is 3.83. The van der Waals surface area contributed by atoms with E-state index in [4.69, 9.17) is 4.74 Å². The molecular formula is C17H21NO. The lowest BCUT2D eigenvalue weighted by Crippen LogP contribution is -2.21. The monoisotopic (exact) mass is 255 g/mol. The largest absolute Gasteiger partial charge is 0.484 e. The van der Waals surface area contributed by atoms with Gasteiger partial charge in [-0.1, -0.05) is 49.4 Å². The number of ether oxygens (including phenoxy) is 1. The first-order chi connectivity index (χ1) is 9.33. The van der Waals surface area contributed by atoms with E-state index in [1.807, 2.05) is 31.3 Å². The van der Waals surface area contributed by atoms with Gasteiger partial charge in [-0.2, -0.15) is 0 Å². The first-order valence-electron chi connectivity index (χ1n) is 6.78. The zero-order chi connectivity index (χ0) is 13.5. The Morgan fingerprint density at radius 1 is 1.05 bits per heavy atom.